The third-order valence-electron chi connectivity index (χ3n) is 3.69. The molecule has 3 atom stereocenters. The van der Waals surface area contributed by atoms with Gasteiger partial charge in [-0.2, -0.15) is 11.8 Å². The summed E-state index contributed by atoms with van der Waals surface area (Å²) in [5.74, 6) is 4.94. The van der Waals surface area contributed by atoms with Crippen LogP contribution in [0.15, 0.2) is 12.2 Å². The number of allylic oxidation sites excluding steroid dienone is 2. The molecule has 0 aromatic rings. The molecule has 2 nitrogen and oxygen atoms in total. The molecule has 0 heterocycles. The van der Waals surface area contributed by atoms with E-state index in [1.54, 1.807) is 0 Å². The summed E-state index contributed by atoms with van der Waals surface area (Å²) in [4.78, 5) is 0. The predicted molar refractivity (Wildman–Crippen MR) is 70.7 cm³/mol. The van der Waals surface area contributed by atoms with E-state index >= 15 is 0 Å². The van der Waals surface area contributed by atoms with Crippen molar-refractivity contribution in [1.82, 2.24) is 5.32 Å². The molecule has 3 heteroatoms. The third-order valence-corrected chi connectivity index (χ3v) is 4.76. The standard InChI is InChI=1S/C13H23NOS/c15-5-1-6-16-7-4-14-10-13-9-11-2-3-12(13)8-11/h2-3,11-15H,1,4-10H2. The van der Waals surface area contributed by atoms with Crippen LogP contribution >= 0.6 is 11.8 Å². The van der Waals surface area contributed by atoms with Crippen molar-refractivity contribution in [2.75, 3.05) is 31.2 Å². The molecule has 2 N–H and O–H groups in total. The third kappa shape index (κ3) is 3.51. The van der Waals surface area contributed by atoms with Crippen molar-refractivity contribution >= 4 is 11.8 Å². The summed E-state index contributed by atoms with van der Waals surface area (Å²) < 4.78 is 0. The van der Waals surface area contributed by atoms with Gasteiger partial charge < -0.3 is 10.4 Å². The summed E-state index contributed by atoms with van der Waals surface area (Å²) in [6, 6.07) is 0. The normalized spacial score (nSPS) is 31.4. The fourth-order valence-corrected chi connectivity index (χ4v) is 3.66. The number of aliphatic hydroxyl groups is 1. The van der Waals surface area contributed by atoms with Crippen molar-refractivity contribution in [2.24, 2.45) is 17.8 Å². The van der Waals surface area contributed by atoms with Crippen LogP contribution in [0, 0.1) is 17.8 Å². The smallest absolute Gasteiger partial charge is 0.0438 e. The second-order valence-corrected chi connectivity index (χ2v) is 6.16. The van der Waals surface area contributed by atoms with Crippen molar-refractivity contribution < 1.29 is 5.11 Å². The first-order valence-electron chi connectivity index (χ1n) is 6.48. The van der Waals surface area contributed by atoms with Gasteiger partial charge in [0.15, 0.2) is 0 Å². The van der Waals surface area contributed by atoms with Crippen LogP contribution in [0.2, 0.25) is 0 Å². The Hall–Kier alpha value is 0.0100. The van der Waals surface area contributed by atoms with Crippen LogP contribution < -0.4 is 5.32 Å². The zero-order chi connectivity index (χ0) is 11.2. The Morgan fingerprint density at radius 1 is 1.25 bits per heavy atom. The molecule has 2 aliphatic carbocycles. The van der Waals surface area contributed by atoms with Gasteiger partial charge in [-0.25, -0.2) is 0 Å². The predicted octanol–water partition coefficient (Wildman–Crippen LogP) is 1.90. The van der Waals surface area contributed by atoms with E-state index in [4.69, 9.17) is 5.11 Å². The van der Waals surface area contributed by atoms with Crippen molar-refractivity contribution in [1.29, 1.82) is 0 Å². The molecule has 2 aliphatic rings. The highest BCUT2D eigenvalue weighted by atomic mass is 32.2. The van der Waals surface area contributed by atoms with Gasteiger partial charge in [0.1, 0.15) is 0 Å². The SMILES string of the molecule is OCCCSCCNCC1CC2C=CC1C2. The summed E-state index contributed by atoms with van der Waals surface area (Å²) in [5.41, 5.74) is 0. The van der Waals surface area contributed by atoms with Crippen molar-refractivity contribution in [3.05, 3.63) is 12.2 Å². The topological polar surface area (TPSA) is 32.3 Å². The monoisotopic (exact) mass is 241 g/mol. The van der Waals surface area contributed by atoms with Gasteiger partial charge in [0.2, 0.25) is 0 Å². The first kappa shape index (κ1) is 12.5. The molecular weight excluding hydrogens is 218 g/mol. The van der Waals surface area contributed by atoms with E-state index in [0.717, 1.165) is 36.5 Å². The Morgan fingerprint density at radius 3 is 2.88 bits per heavy atom. The lowest BCUT2D eigenvalue weighted by atomic mass is 9.94. The molecule has 1 saturated carbocycles. The van der Waals surface area contributed by atoms with Crippen LogP contribution in [0.5, 0.6) is 0 Å². The molecule has 3 unspecified atom stereocenters. The second-order valence-electron chi connectivity index (χ2n) is 4.93. The molecule has 16 heavy (non-hydrogen) atoms. The van der Waals surface area contributed by atoms with Crippen LogP contribution in [-0.2, 0) is 0 Å². The van der Waals surface area contributed by atoms with E-state index in [2.05, 4.69) is 17.5 Å². The average molecular weight is 241 g/mol. The number of hydrogen-bond acceptors (Lipinski definition) is 3. The maximum Gasteiger partial charge on any atom is 0.0438 e. The van der Waals surface area contributed by atoms with Crippen LogP contribution in [-0.4, -0.2) is 36.3 Å². The maximum atomic E-state index is 8.64. The quantitative estimate of drug-likeness (QED) is 0.503. The van der Waals surface area contributed by atoms with E-state index in [-0.39, 0.29) is 0 Å². The minimum Gasteiger partial charge on any atom is -0.396 e. The Balaban J connectivity index is 1.45. The molecule has 0 amide bonds. The van der Waals surface area contributed by atoms with Gasteiger partial charge >= 0.3 is 0 Å². The van der Waals surface area contributed by atoms with E-state index in [9.17, 15) is 0 Å². The molecule has 0 aliphatic heterocycles. The maximum absolute atomic E-state index is 8.64. The highest BCUT2D eigenvalue weighted by Gasteiger charge is 2.34. The minimum atomic E-state index is 0.331. The number of hydrogen-bond donors (Lipinski definition) is 2. The average Bonchev–Trinajstić information content (AvgIpc) is 2.90. The van der Waals surface area contributed by atoms with Crippen LogP contribution in [0.25, 0.3) is 0 Å². The van der Waals surface area contributed by atoms with Gasteiger partial charge in [-0.05, 0) is 49.3 Å². The zero-order valence-corrected chi connectivity index (χ0v) is 10.7. The van der Waals surface area contributed by atoms with Gasteiger partial charge in [0.25, 0.3) is 0 Å². The summed E-state index contributed by atoms with van der Waals surface area (Å²) >= 11 is 1.94. The number of thioether (sulfide) groups is 1. The summed E-state index contributed by atoms with van der Waals surface area (Å²) in [7, 11) is 0. The first-order chi connectivity index (χ1) is 7.90. The molecule has 2 bridgehead atoms. The van der Waals surface area contributed by atoms with E-state index in [1.807, 2.05) is 11.8 Å². The molecule has 0 saturated heterocycles. The Morgan fingerprint density at radius 2 is 2.19 bits per heavy atom. The Labute approximate surface area is 103 Å². The number of rotatable bonds is 8. The van der Waals surface area contributed by atoms with E-state index in [1.165, 1.54) is 25.1 Å². The molecule has 0 aromatic carbocycles. The second kappa shape index (κ2) is 6.67. The van der Waals surface area contributed by atoms with Gasteiger partial charge in [0, 0.05) is 18.9 Å². The minimum absolute atomic E-state index is 0.331. The largest absolute Gasteiger partial charge is 0.396 e. The summed E-state index contributed by atoms with van der Waals surface area (Å²) in [5, 5.41) is 12.2. The van der Waals surface area contributed by atoms with Crippen molar-refractivity contribution in [3.8, 4) is 0 Å². The lowest BCUT2D eigenvalue weighted by Gasteiger charge is -2.18. The highest BCUT2D eigenvalue weighted by Crippen LogP contribution is 2.42. The van der Waals surface area contributed by atoms with Crippen LogP contribution in [0.1, 0.15) is 19.3 Å². The van der Waals surface area contributed by atoms with E-state index in [0.29, 0.717) is 6.61 Å². The van der Waals surface area contributed by atoms with E-state index < -0.39 is 0 Å². The molecule has 0 aromatic heterocycles. The lowest BCUT2D eigenvalue weighted by molar-refractivity contribution is 0.296. The lowest BCUT2D eigenvalue weighted by Crippen LogP contribution is -2.27. The van der Waals surface area contributed by atoms with Gasteiger partial charge in [0.05, 0.1) is 0 Å². The fraction of sp³-hybridized carbons (Fsp3) is 0.846. The van der Waals surface area contributed by atoms with Crippen molar-refractivity contribution in [2.45, 2.75) is 19.3 Å². The molecule has 2 rings (SSSR count). The first-order valence-corrected chi connectivity index (χ1v) is 7.63. The molecular formula is C13H23NOS. The number of aliphatic hydroxyl groups excluding tert-OH is 1. The van der Waals surface area contributed by atoms with Crippen molar-refractivity contribution in [3.63, 3.8) is 0 Å². The Bertz CT molecular complexity index is 232. The van der Waals surface area contributed by atoms with Gasteiger partial charge in [-0.15, -0.1) is 0 Å². The summed E-state index contributed by atoms with van der Waals surface area (Å²) in [6.45, 7) is 2.65. The number of fused-ring (bicyclic) bond motifs is 2. The van der Waals surface area contributed by atoms with Crippen LogP contribution in [0.4, 0.5) is 0 Å². The van der Waals surface area contributed by atoms with Gasteiger partial charge in [-0.1, -0.05) is 12.2 Å². The Kier molecular flexibility index (Phi) is 5.20. The molecule has 0 radical (unpaired) electrons. The molecule has 0 spiro atoms. The molecule has 1 fully saturated rings. The van der Waals surface area contributed by atoms with Crippen LogP contribution in [0.3, 0.4) is 0 Å². The molecule has 92 valence electrons. The van der Waals surface area contributed by atoms with Gasteiger partial charge in [-0.3, -0.25) is 0 Å². The highest BCUT2D eigenvalue weighted by molar-refractivity contribution is 7.99. The number of nitrogens with one attached hydrogen (secondary N) is 1. The fourth-order valence-electron chi connectivity index (χ4n) is 2.83. The summed E-state index contributed by atoms with van der Waals surface area (Å²) in [6.07, 6.45) is 8.59. The zero-order valence-electron chi connectivity index (χ0n) is 9.90.